The predicted octanol–water partition coefficient (Wildman–Crippen LogP) is 0.914. The monoisotopic (exact) mass is 201 g/mol. The highest BCUT2D eigenvalue weighted by Crippen LogP contribution is 2.02. The summed E-state index contributed by atoms with van der Waals surface area (Å²) in [4.78, 5) is 2.51. The topological polar surface area (TPSA) is 27.3 Å². The lowest BCUT2D eigenvalue weighted by atomic mass is 10.2. The molecule has 0 unspecified atom stereocenters. The largest absolute Gasteiger partial charge is 0.318 e. The van der Waals surface area contributed by atoms with Crippen molar-refractivity contribution in [2.45, 2.75) is 39.8 Å². The van der Waals surface area contributed by atoms with E-state index in [1.807, 2.05) is 7.05 Å². The molecule has 0 aliphatic rings. The highest BCUT2D eigenvalue weighted by Gasteiger charge is 2.11. The Morgan fingerprint density at radius 1 is 0.929 bits per heavy atom. The number of hydrogen-bond acceptors (Lipinski definition) is 3. The Morgan fingerprint density at radius 3 is 1.93 bits per heavy atom. The second-order valence-corrected chi connectivity index (χ2v) is 4.28. The molecule has 0 aliphatic heterocycles. The Morgan fingerprint density at radius 2 is 1.50 bits per heavy atom. The summed E-state index contributed by atoms with van der Waals surface area (Å²) < 4.78 is 0. The zero-order chi connectivity index (χ0) is 11.0. The van der Waals surface area contributed by atoms with Gasteiger partial charge in [0.2, 0.25) is 0 Å². The van der Waals surface area contributed by atoms with Crippen LogP contribution in [0.4, 0.5) is 0 Å². The highest BCUT2D eigenvalue weighted by atomic mass is 15.2. The Bertz CT molecular complexity index is 116. The molecule has 0 aromatic rings. The van der Waals surface area contributed by atoms with Crippen LogP contribution in [0, 0.1) is 0 Å². The van der Waals surface area contributed by atoms with Crippen LogP contribution in [-0.2, 0) is 0 Å². The summed E-state index contributed by atoms with van der Waals surface area (Å²) in [5.74, 6) is 0. The molecule has 0 atom stereocenters. The summed E-state index contributed by atoms with van der Waals surface area (Å²) in [6.45, 7) is 13.4. The molecular weight excluding hydrogens is 174 g/mol. The smallest absolute Gasteiger partial charge is 0.0112 e. The fourth-order valence-electron chi connectivity index (χ4n) is 1.66. The van der Waals surface area contributed by atoms with Crippen molar-refractivity contribution in [1.82, 2.24) is 15.5 Å². The third-order valence-corrected chi connectivity index (χ3v) is 2.43. The summed E-state index contributed by atoms with van der Waals surface area (Å²) >= 11 is 0. The minimum Gasteiger partial charge on any atom is -0.318 e. The van der Waals surface area contributed by atoms with Gasteiger partial charge in [0, 0.05) is 38.3 Å². The van der Waals surface area contributed by atoms with Crippen LogP contribution in [-0.4, -0.2) is 50.2 Å². The second kappa shape index (κ2) is 8.21. The van der Waals surface area contributed by atoms with Crippen LogP contribution in [0.15, 0.2) is 0 Å². The molecule has 0 spiro atoms. The molecule has 3 nitrogen and oxygen atoms in total. The van der Waals surface area contributed by atoms with Crippen molar-refractivity contribution in [3.8, 4) is 0 Å². The van der Waals surface area contributed by atoms with Crippen LogP contribution in [0.25, 0.3) is 0 Å². The Kier molecular flexibility index (Phi) is 8.14. The first-order chi connectivity index (χ1) is 6.59. The van der Waals surface area contributed by atoms with Gasteiger partial charge in [-0.05, 0) is 34.7 Å². The number of likely N-dealkylation sites (N-methyl/N-ethyl adjacent to an activating group) is 1. The average Bonchev–Trinajstić information content (AvgIpc) is 2.09. The quantitative estimate of drug-likeness (QED) is 0.572. The minimum atomic E-state index is 0.640. The fourth-order valence-corrected chi connectivity index (χ4v) is 1.66. The van der Waals surface area contributed by atoms with E-state index in [9.17, 15) is 0 Å². The van der Waals surface area contributed by atoms with Gasteiger partial charge in [-0.2, -0.15) is 0 Å². The van der Waals surface area contributed by atoms with Gasteiger partial charge in [0.05, 0.1) is 0 Å². The Balaban J connectivity index is 3.52. The molecule has 0 amide bonds. The predicted molar refractivity (Wildman–Crippen MR) is 63.8 cm³/mol. The first-order valence-electron chi connectivity index (χ1n) is 5.70. The zero-order valence-electron chi connectivity index (χ0n) is 10.4. The van der Waals surface area contributed by atoms with Gasteiger partial charge in [-0.1, -0.05) is 0 Å². The fraction of sp³-hybridized carbons (Fsp3) is 1.00. The van der Waals surface area contributed by atoms with Crippen LogP contribution in [0.1, 0.15) is 27.7 Å². The molecule has 0 fully saturated rings. The summed E-state index contributed by atoms with van der Waals surface area (Å²) in [7, 11) is 1.98. The molecule has 0 rings (SSSR count). The van der Waals surface area contributed by atoms with E-state index in [-0.39, 0.29) is 0 Å². The van der Waals surface area contributed by atoms with Crippen LogP contribution in [0.2, 0.25) is 0 Å². The van der Waals surface area contributed by atoms with E-state index in [1.54, 1.807) is 0 Å². The number of rotatable bonds is 8. The van der Waals surface area contributed by atoms with Crippen molar-refractivity contribution in [2.75, 3.05) is 33.2 Å². The van der Waals surface area contributed by atoms with Crippen molar-refractivity contribution < 1.29 is 0 Å². The molecule has 3 heteroatoms. The molecule has 0 aliphatic carbocycles. The summed E-state index contributed by atoms with van der Waals surface area (Å²) in [6, 6.07) is 1.28. The van der Waals surface area contributed by atoms with Gasteiger partial charge in [0.25, 0.3) is 0 Å². The average molecular weight is 201 g/mol. The first kappa shape index (κ1) is 13.9. The molecule has 86 valence electrons. The number of hydrogen-bond donors (Lipinski definition) is 2. The summed E-state index contributed by atoms with van der Waals surface area (Å²) in [5, 5.41) is 6.55. The van der Waals surface area contributed by atoms with E-state index in [4.69, 9.17) is 0 Å². The third kappa shape index (κ3) is 6.35. The normalized spacial score (nSPS) is 12.0. The van der Waals surface area contributed by atoms with Crippen molar-refractivity contribution in [2.24, 2.45) is 0 Å². The van der Waals surface area contributed by atoms with Crippen molar-refractivity contribution in [3.05, 3.63) is 0 Å². The summed E-state index contributed by atoms with van der Waals surface area (Å²) in [6.07, 6.45) is 0. The maximum Gasteiger partial charge on any atom is 0.0112 e. The van der Waals surface area contributed by atoms with Gasteiger partial charge in [0.1, 0.15) is 0 Å². The van der Waals surface area contributed by atoms with Crippen molar-refractivity contribution in [3.63, 3.8) is 0 Å². The van der Waals surface area contributed by atoms with Gasteiger partial charge in [-0.25, -0.2) is 0 Å². The minimum absolute atomic E-state index is 0.640. The number of nitrogens with zero attached hydrogens (tertiary/aromatic N) is 1. The second-order valence-electron chi connectivity index (χ2n) is 4.28. The molecule has 0 saturated heterocycles. The highest BCUT2D eigenvalue weighted by molar-refractivity contribution is 4.68. The Labute approximate surface area is 89.2 Å². The van der Waals surface area contributed by atoms with Crippen LogP contribution in [0.3, 0.4) is 0 Å². The van der Waals surface area contributed by atoms with Gasteiger partial charge in [-0.15, -0.1) is 0 Å². The molecule has 0 saturated carbocycles. The first-order valence-corrected chi connectivity index (χ1v) is 5.70. The lowest BCUT2D eigenvalue weighted by Crippen LogP contribution is -2.42. The standard InChI is InChI=1S/C11H27N3/c1-10(2)14(11(3)4)9-8-13-7-6-12-5/h10-13H,6-9H2,1-5H3. The maximum atomic E-state index is 3.42. The SMILES string of the molecule is CNCCNCCN(C(C)C)C(C)C. The van der Waals surface area contributed by atoms with E-state index >= 15 is 0 Å². The van der Waals surface area contributed by atoms with Crippen LogP contribution in [0.5, 0.6) is 0 Å². The van der Waals surface area contributed by atoms with Gasteiger partial charge in [-0.3, -0.25) is 4.90 Å². The number of nitrogens with one attached hydrogen (secondary N) is 2. The van der Waals surface area contributed by atoms with Crippen molar-refractivity contribution >= 4 is 0 Å². The van der Waals surface area contributed by atoms with E-state index in [1.165, 1.54) is 0 Å². The van der Waals surface area contributed by atoms with Crippen LogP contribution < -0.4 is 10.6 Å². The zero-order valence-corrected chi connectivity index (χ0v) is 10.4. The lowest BCUT2D eigenvalue weighted by Gasteiger charge is -2.30. The van der Waals surface area contributed by atoms with Gasteiger partial charge in [0.15, 0.2) is 0 Å². The molecule has 14 heavy (non-hydrogen) atoms. The van der Waals surface area contributed by atoms with E-state index in [0.717, 1.165) is 26.2 Å². The molecule has 0 aromatic heterocycles. The van der Waals surface area contributed by atoms with E-state index in [2.05, 4.69) is 43.2 Å². The molecule has 0 radical (unpaired) electrons. The molecular formula is C11H27N3. The summed E-state index contributed by atoms with van der Waals surface area (Å²) in [5.41, 5.74) is 0. The maximum absolute atomic E-state index is 3.42. The molecule has 0 heterocycles. The van der Waals surface area contributed by atoms with Crippen molar-refractivity contribution in [1.29, 1.82) is 0 Å². The molecule has 0 aromatic carbocycles. The lowest BCUT2D eigenvalue weighted by molar-refractivity contribution is 0.176. The van der Waals surface area contributed by atoms with E-state index in [0.29, 0.717) is 12.1 Å². The third-order valence-electron chi connectivity index (χ3n) is 2.43. The van der Waals surface area contributed by atoms with Gasteiger partial charge >= 0.3 is 0 Å². The molecule has 2 N–H and O–H groups in total. The Hall–Kier alpha value is -0.120. The van der Waals surface area contributed by atoms with Crippen LogP contribution >= 0.6 is 0 Å². The molecule has 0 bridgehead atoms. The van der Waals surface area contributed by atoms with Gasteiger partial charge < -0.3 is 10.6 Å². The van der Waals surface area contributed by atoms with E-state index < -0.39 is 0 Å².